The number of carboxylic acids is 1. The molecule has 23 heavy (non-hydrogen) atoms. The highest BCUT2D eigenvalue weighted by atomic mass is 16.4. The maximum absolute atomic E-state index is 10.8. The minimum atomic E-state index is -0.883. The first kappa shape index (κ1) is 18.3. The molecule has 130 valence electrons. The van der Waals surface area contributed by atoms with Crippen molar-refractivity contribution < 1.29 is 15.0 Å². The van der Waals surface area contributed by atoms with Crippen molar-refractivity contribution in [1.82, 2.24) is 0 Å². The summed E-state index contributed by atoms with van der Waals surface area (Å²) in [5.41, 5.74) is 1.88. The normalized spacial score (nSPS) is 41.5. The fourth-order valence-corrected chi connectivity index (χ4v) is 5.24. The summed E-state index contributed by atoms with van der Waals surface area (Å²) in [5, 5.41) is 19.5. The average Bonchev–Trinajstić information content (AvgIpc) is 2.45. The first-order chi connectivity index (χ1) is 10.6. The minimum absolute atomic E-state index is 0.116. The Hall–Kier alpha value is -1.09. The van der Waals surface area contributed by atoms with Crippen molar-refractivity contribution in [3.05, 3.63) is 23.8 Å². The van der Waals surface area contributed by atoms with Crippen LogP contribution in [0.1, 0.15) is 66.2 Å². The summed E-state index contributed by atoms with van der Waals surface area (Å²) >= 11 is 0. The number of rotatable bonds is 4. The zero-order valence-electron chi connectivity index (χ0n) is 15.1. The van der Waals surface area contributed by atoms with Crippen molar-refractivity contribution in [2.75, 3.05) is 0 Å². The quantitative estimate of drug-likeness (QED) is 0.589. The van der Waals surface area contributed by atoms with Crippen molar-refractivity contribution in [3.8, 4) is 0 Å². The fourth-order valence-electron chi connectivity index (χ4n) is 5.24. The highest BCUT2D eigenvalue weighted by Crippen LogP contribution is 2.62. The van der Waals surface area contributed by atoms with Crippen LogP contribution >= 0.6 is 0 Å². The molecule has 0 bridgehead atoms. The van der Waals surface area contributed by atoms with E-state index in [0.717, 1.165) is 30.4 Å². The van der Waals surface area contributed by atoms with Gasteiger partial charge < -0.3 is 10.2 Å². The fraction of sp³-hybridized carbons (Fsp3) is 0.750. The molecule has 0 aliphatic heterocycles. The number of aliphatic hydroxyl groups excluding tert-OH is 1. The van der Waals surface area contributed by atoms with E-state index in [1.165, 1.54) is 25.3 Å². The Morgan fingerprint density at radius 3 is 2.65 bits per heavy atom. The van der Waals surface area contributed by atoms with Crippen molar-refractivity contribution in [1.29, 1.82) is 0 Å². The van der Waals surface area contributed by atoms with Gasteiger partial charge in [-0.1, -0.05) is 45.8 Å². The number of hydrogen-bond acceptors (Lipinski definition) is 2. The van der Waals surface area contributed by atoms with Gasteiger partial charge in [-0.2, -0.15) is 0 Å². The van der Waals surface area contributed by atoms with E-state index in [9.17, 15) is 9.90 Å². The van der Waals surface area contributed by atoms with Crippen molar-refractivity contribution in [2.24, 2.45) is 22.7 Å². The van der Waals surface area contributed by atoms with E-state index in [0.29, 0.717) is 11.8 Å². The van der Waals surface area contributed by atoms with Crippen LogP contribution in [0.3, 0.4) is 0 Å². The van der Waals surface area contributed by atoms with Crippen LogP contribution in [0.4, 0.5) is 0 Å². The van der Waals surface area contributed by atoms with Crippen LogP contribution in [-0.2, 0) is 4.79 Å². The molecule has 2 aliphatic rings. The van der Waals surface area contributed by atoms with E-state index in [1.54, 1.807) is 0 Å². The summed E-state index contributed by atoms with van der Waals surface area (Å²) in [5.74, 6) is 0.248. The van der Waals surface area contributed by atoms with Crippen LogP contribution in [0.2, 0.25) is 0 Å². The van der Waals surface area contributed by atoms with Crippen LogP contribution in [-0.4, -0.2) is 22.3 Å². The Morgan fingerprint density at radius 2 is 2.04 bits per heavy atom. The van der Waals surface area contributed by atoms with E-state index in [1.807, 2.05) is 6.92 Å². The highest BCUT2D eigenvalue weighted by molar-refractivity contribution is 5.80. The van der Waals surface area contributed by atoms with Gasteiger partial charge in [0.25, 0.3) is 0 Å². The lowest BCUT2D eigenvalue weighted by atomic mass is 9.45. The SMILES string of the molecule is C=C1C(O)CC2(C)C(C)CCCC2C1(C)CCC(C)=CC(=O)O. The van der Waals surface area contributed by atoms with Gasteiger partial charge >= 0.3 is 5.97 Å². The molecule has 2 N–H and O–H groups in total. The van der Waals surface area contributed by atoms with E-state index >= 15 is 0 Å². The minimum Gasteiger partial charge on any atom is -0.478 e. The number of aliphatic hydroxyl groups is 1. The molecule has 0 saturated heterocycles. The maximum Gasteiger partial charge on any atom is 0.328 e. The molecule has 2 saturated carbocycles. The van der Waals surface area contributed by atoms with Gasteiger partial charge in [-0.3, -0.25) is 0 Å². The Kier molecular flexibility index (Phi) is 5.10. The number of hydrogen-bond donors (Lipinski definition) is 2. The predicted octanol–water partition coefficient (Wildman–Crippen LogP) is 4.57. The third-order valence-electron chi connectivity index (χ3n) is 7.00. The van der Waals surface area contributed by atoms with Gasteiger partial charge in [0.15, 0.2) is 0 Å². The maximum atomic E-state index is 10.8. The summed E-state index contributed by atoms with van der Waals surface area (Å²) < 4.78 is 0. The molecule has 2 fully saturated rings. The van der Waals surface area contributed by atoms with Gasteiger partial charge in [0, 0.05) is 6.08 Å². The number of carboxylic acid groups (broad SMARTS) is 1. The summed E-state index contributed by atoms with van der Waals surface area (Å²) in [7, 11) is 0. The molecule has 0 spiro atoms. The zero-order valence-corrected chi connectivity index (χ0v) is 15.1. The number of aliphatic carboxylic acids is 1. The molecule has 0 aromatic rings. The lowest BCUT2D eigenvalue weighted by Crippen LogP contribution is -2.54. The number of fused-ring (bicyclic) bond motifs is 1. The van der Waals surface area contributed by atoms with Gasteiger partial charge in [0.2, 0.25) is 0 Å². The van der Waals surface area contributed by atoms with Gasteiger partial charge in [-0.05, 0) is 60.8 Å². The van der Waals surface area contributed by atoms with Crippen LogP contribution < -0.4 is 0 Å². The standard InChI is InChI=1S/C20H32O3/c1-13(11-18(22)23)9-10-19(4)15(3)16(21)12-20(5)14(2)7-6-8-17(19)20/h11,14,16-17,21H,3,6-10,12H2,1-2,4-5H3,(H,22,23). The Morgan fingerprint density at radius 1 is 1.39 bits per heavy atom. The third kappa shape index (κ3) is 3.26. The molecule has 3 heteroatoms. The smallest absolute Gasteiger partial charge is 0.328 e. The van der Waals surface area contributed by atoms with Crippen LogP contribution in [0, 0.1) is 22.7 Å². The van der Waals surface area contributed by atoms with Crippen molar-refractivity contribution in [3.63, 3.8) is 0 Å². The lowest BCUT2D eigenvalue weighted by Gasteiger charge is -2.60. The first-order valence-corrected chi connectivity index (χ1v) is 8.88. The molecule has 0 amide bonds. The Balaban J connectivity index is 2.28. The summed E-state index contributed by atoms with van der Waals surface area (Å²) in [4.78, 5) is 10.8. The topological polar surface area (TPSA) is 57.5 Å². The van der Waals surface area contributed by atoms with Gasteiger partial charge in [0.1, 0.15) is 0 Å². The summed E-state index contributed by atoms with van der Waals surface area (Å²) in [6.07, 6.45) is 6.95. The second kappa shape index (κ2) is 6.43. The molecular weight excluding hydrogens is 288 g/mol. The summed E-state index contributed by atoms with van der Waals surface area (Å²) in [6.45, 7) is 13.0. The third-order valence-corrected chi connectivity index (χ3v) is 7.00. The lowest BCUT2D eigenvalue weighted by molar-refractivity contribution is -0.131. The van der Waals surface area contributed by atoms with E-state index in [-0.39, 0.29) is 10.8 Å². The number of allylic oxidation sites excluding steroid dienone is 1. The molecule has 2 aliphatic carbocycles. The highest BCUT2D eigenvalue weighted by Gasteiger charge is 2.56. The molecule has 3 nitrogen and oxygen atoms in total. The predicted molar refractivity (Wildman–Crippen MR) is 93.1 cm³/mol. The largest absolute Gasteiger partial charge is 0.478 e. The van der Waals surface area contributed by atoms with Crippen LogP contribution in [0.5, 0.6) is 0 Å². The van der Waals surface area contributed by atoms with E-state index in [4.69, 9.17) is 5.11 Å². The average molecular weight is 320 g/mol. The molecule has 0 radical (unpaired) electrons. The second-order valence-corrected chi connectivity index (χ2v) is 8.38. The molecule has 2 rings (SSSR count). The number of carbonyl (C=O) groups is 1. The summed E-state index contributed by atoms with van der Waals surface area (Å²) in [6, 6.07) is 0. The van der Waals surface area contributed by atoms with E-state index < -0.39 is 12.1 Å². The molecule has 5 unspecified atom stereocenters. The molecule has 0 aromatic carbocycles. The van der Waals surface area contributed by atoms with Gasteiger partial charge in [-0.25, -0.2) is 4.79 Å². The van der Waals surface area contributed by atoms with Crippen molar-refractivity contribution >= 4 is 5.97 Å². The van der Waals surface area contributed by atoms with Gasteiger partial charge in [0.05, 0.1) is 6.10 Å². The Bertz CT molecular complexity index is 521. The van der Waals surface area contributed by atoms with Crippen LogP contribution in [0.25, 0.3) is 0 Å². The molecular formula is C20H32O3. The Labute approximate surface area is 140 Å². The van der Waals surface area contributed by atoms with Crippen LogP contribution in [0.15, 0.2) is 23.8 Å². The van der Waals surface area contributed by atoms with Crippen molar-refractivity contribution in [2.45, 2.75) is 72.3 Å². The molecule has 0 heterocycles. The first-order valence-electron chi connectivity index (χ1n) is 8.88. The monoisotopic (exact) mass is 320 g/mol. The molecule has 0 aromatic heterocycles. The molecule has 5 atom stereocenters. The van der Waals surface area contributed by atoms with Gasteiger partial charge in [-0.15, -0.1) is 0 Å². The second-order valence-electron chi connectivity index (χ2n) is 8.38. The van der Waals surface area contributed by atoms with E-state index in [2.05, 4.69) is 27.4 Å². The zero-order chi connectivity index (χ0) is 17.4.